The van der Waals surface area contributed by atoms with Gasteiger partial charge in [-0.05, 0) is 90.8 Å². The number of anilines is 2. The molecule has 13 nitrogen and oxygen atoms in total. The fraction of sp³-hybridized carbons (Fsp3) is 0.543. The van der Waals surface area contributed by atoms with Crippen molar-refractivity contribution in [3.05, 3.63) is 45.3 Å². The van der Waals surface area contributed by atoms with Gasteiger partial charge in [0.25, 0.3) is 0 Å². The van der Waals surface area contributed by atoms with Crippen LogP contribution in [0.4, 0.5) is 10.8 Å². The third kappa shape index (κ3) is 4.54. The Kier molecular flexibility index (Phi) is 7.21. The zero-order valence-electron chi connectivity index (χ0n) is 28.2. The van der Waals surface area contributed by atoms with Crippen LogP contribution in [0, 0.1) is 11.3 Å². The zero-order chi connectivity index (χ0) is 33.4. The van der Waals surface area contributed by atoms with Crippen molar-refractivity contribution in [1.82, 2.24) is 40.0 Å². The predicted octanol–water partition coefficient (Wildman–Crippen LogP) is 5.68. The molecular weight excluding hydrogens is 639 g/mol. The first kappa shape index (κ1) is 30.6. The molecule has 7 heterocycles. The highest BCUT2D eigenvalue weighted by atomic mass is 32.1. The number of nitrogens with zero attached hydrogens (tertiary/aromatic N) is 9. The number of nitriles is 1. The van der Waals surface area contributed by atoms with Crippen LogP contribution in [0.5, 0.6) is 5.88 Å². The van der Waals surface area contributed by atoms with Crippen LogP contribution in [0.1, 0.15) is 104 Å². The van der Waals surface area contributed by atoms with E-state index in [1.807, 2.05) is 12.4 Å². The van der Waals surface area contributed by atoms with Crippen molar-refractivity contribution in [3.63, 3.8) is 0 Å². The first-order chi connectivity index (χ1) is 23.9. The highest BCUT2D eigenvalue weighted by Gasteiger charge is 2.49. The molecule has 4 atom stereocenters. The number of nitrogens with one attached hydrogen (secondary N) is 1. The molecule has 1 spiro atoms. The Hall–Kier alpha value is -4.48. The van der Waals surface area contributed by atoms with Crippen LogP contribution < -0.4 is 15.4 Å². The van der Waals surface area contributed by atoms with Gasteiger partial charge in [-0.3, -0.25) is 0 Å². The first-order valence-corrected chi connectivity index (χ1v) is 18.4. The van der Waals surface area contributed by atoms with Crippen LogP contribution in [-0.4, -0.2) is 72.8 Å². The standard InChI is InChI=1S/C35H41N11O2S/c1-19-23-17-38-42-34(23)47-15-7-14-45(19)32-24-18-39-46(20(2)25-9-6-13-44(25)3)33(24)41-31(40-32)28-21-8-4-11-35(29(21)48-43-28)12-5-10-26-27(35)22(16-36)30(37)49-26/h17-20,25H,4-15,37H2,1-3H3,(H,38,42). The van der Waals surface area contributed by atoms with Gasteiger partial charge in [-0.15, -0.1) is 11.3 Å². The van der Waals surface area contributed by atoms with E-state index in [0.717, 1.165) is 104 Å². The van der Waals surface area contributed by atoms with E-state index in [0.29, 0.717) is 40.6 Å². The third-order valence-electron chi connectivity index (χ3n) is 11.6. The highest BCUT2D eigenvalue weighted by molar-refractivity contribution is 7.16. The quantitative estimate of drug-likeness (QED) is 0.240. The number of likely N-dealkylation sites (N-methyl/N-ethyl adjacent to an activating group) is 1. The minimum Gasteiger partial charge on any atom is -0.478 e. The summed E-state index contributed by atoms with van der Waals surface area (Å²) in [7, 11) is 2.20. The predicted molar refractivity (Wildman–Crippen MR) is 186 cm³/mol. The van der Waals surface area contributed by atoms with Crippen molar-refractivity contribution in [2.75, 3.05) is 37.4 Å². The van der Waals surface area contributed by atoms with Gasteiger partial charge in [-0.2, -0.15) is 15.5 Å². The number of aromatic nitrogens is 7. The summed E-state index contributed by atoms with van der Waals surface area (Å²) >= 11 is 1.56. The van der Waals surface area contributed by atoms with Gasteiger partial charge in [0, 0.05) is 23.0 Å². The molecule has 0 aromatic carbocycles. The van der Waals surface area contributed by atoms with Crippen molar-refractivity contribution in [1.29, 1.82) is 5.26 Å². The van der Waals surface area contributed by atoms with Gasteiger partial charge in [0.05, 0.1) is 53.0 Å². The van der Waals surface area contributed by atoms with E-state index >= 15 is 0 Å². The van der Waals surface area contributed by atoms with E-state index in [1.165, 1.54) is 11.3 Å². The van der Waals surface area contributed by atoms with Gasteiger partial charge in [-0.1, -0.05) is 5.16 Å². The molecule has 0 bridgehead atoms. The number of likely N-dealkylation sites (tertiary alicyclic amines) is 1. The van der Waals surface area contributed by atoms with Gasteiger partial charge < -0.3 is 24.8 Å². The van der Waals surface area contributed by atoms with Gasteiger partial charge in [0.15, 0.2) is 22.9 Å². The molecular formula is C35H41N11O2S. The summed E-state index contributed by atoms with van der Waals surface area (Å²) in [5.41, 5.74) is 11.2. The van der Waals surface area contributed by atoms with Crippen molar-refractivity contribution < 1.29 is 9.26 Å². The maximum Gasteiger partial charge on any atom is 0.214 e. The van der Waals surface area contributed by atoms with E-state index < -0.39 is 5.41 Å². The van der Waals surface area contributed by atoms with Gasteiger partial charge >= 0.3 is 0 Å². The lowest BCUT2D eigenvalue weighted by Gasteiger charge is -2.39. The van der Waals surface area contributed by atoms with Crippen LogP contribution in [0.15, 0.2) is 16.9 Å². The number of nitrogen functional groups attached to an aromatic ring is 1. The summed E-state index contributed by atoms with van der Waals surface area (Å²) in [6, 6.07) is 2.85. The number of aryl methyl sites for hydroxylation is 1. The molecule has 5 aromatic heterocycles. The van der Waals surface area contributed by atoms with Crippen LogP contribution >= 0.6 is 11.3 Å². The van der Waals surface area contributed by atoms with Crippen molar-refractivity contribution in [2.45, 2.75) is 95.2 Å². The number of thiophene rings is 1. The minimum absolute atomic E-state index is 0.0645. The summed E-state index contributed by atoms with van der Waals surface area (Å²) in [6.07, 6.45) is 12.4. The zero-order valence-corrected chi connectivity index (χ0v) is 29.0. The Balaban J connectivity index is 1.23. The first-order valence-electron chi connectivity index (χ1n) is 17.6. The summed E-state index contributed by atoms with van der Waals surface area (Å²) in [6.45, 7) is 6.80. The lowest BCUT2D eigenvalue weighted by molar-refractivity contribution is 0.232. The van der Waals surface area contributed by atoms with E-state index in [9.17, 15) is 5.26 Å². The number of ether oxygens (including phenoxy) is 1. The van der Waals surface area contributed by atoms with Crippen molar-refractivity contribution in [3.8, 4) is 23.5 Å². The number of aromatic amines is 1. The monoisotopic (exact) mass is 679 g/mol. The summed E-state index contributed by atoms with van der Waals surface area (Å²) in [4.78, 5) is 16.6. The van der Waals surface area contributed by atoms with Crippen LogP contribution in [0.2, 0.25) is 0 Å². The highest BCUT2D eigenvalue weighted by Crippen LogP contribution is 2.55. The number of H-pyrrole nitrogens is 1. The Morgan fingerprint density at radius 1 is 1.14 bits per heavy atom. The molecule has 9 rings (SSSR count). The summed E-state index contributed by atoms with van der Waals surface area (Å²) in [5.74, 6) is 2.91. The fourth-order valence-electron chi connectivity index (χ4n) is 9.22. The second kappa shape index (κ2) is 11.6. The maximum absolute atomic E-state index is 10.2. The Morgan fingerprint density at radius 2 is 2.00 bits per heavy atom. The molecule has 14 heteroatoms. The van der Waals surface area contributed by atoms with Crippen LogP contribution in [0.25, 0.3) is 22.6 Å². The van der Waals surface area contributed by atoms with E-state index in [4.69, 9.17) is 35.2 Å². The van der Waals surface area contributed by atoms with Crippen LogP contribution in [-0.2, 0) is 18.3 Å². The smallest absolute Gasteiger partial charge is 0.214 e. The Morgan fingerprint density at radius 3 is 2.82 bits per heavy atom. The number of rotatable bonds is 4. The minimum atomic E-state index is -0.420. The molecule has 0 amide bonds. The van der Waals surface area contributed by atoms with Crippen LogP contribution in [0.3, 0.4) is 0 Å². The molecule has 2 aliphatic heterocycles. The SMILES string of the molecule is CC1c2cn[nH]c2OCCCN1c1nc(-c2noc3c2CCCC32CCCc3sc(N)c(C#N)c32)nc2c1cnn2C(C)C1CCCN1C. The average Bonchev–Trinajstić information content (AvgIpc) is 3.93. The fourth-order valence-corrected chi connectivity index (χ4v) is 10.4. The summed E-state index contributed by atoms with van der Waals surface area (Å²) < 4.78 is 14.5. The van der Waals surface area contributed by atoms with E-state index in [-0.39, 0.29) is 12.1 Å². The normalized spacial score (nSPS) is 24.6. The molecule has 4 aliphatic rings. The molecule has 0 saturated carbocycles. The van der Waals surface area contributed by atoms with Gasteiger partial charge in [0.1, 0.15) is 16.9 Å². The molecule has 0 radical (unpaired) electrons. The topological polar surface area (TPSA) is 164 Å². The molecule has 5 aromatic rings. The van der Waals surface area contributed by atoms with Gasteiger partial charge in [-0.25, -0.2) is 19.7 Å². The van der Waals surface area contributed by atoms with Crippen molar-refractivity contribution in [2.24, 2.45) is 0 Å². The lowest BCUT2D eigenvalue weighted by Crippen LogP contribution is -2.35. The molecule has 1 saturated heterocycles. The van der Waals surface area contributed by atoms with E-state index in [2.05, 4.69) is 51.6 Å². The second-order valence-electron chi connectivity index (χ2n) is 14.2. The molecule has 4 unspecified atom stereocenters. The second-order valence-corrected chi connectivity index (χ2v) is 15.4. The largest absolute Gasteiger partial charge is 0.478 e. The number of nitrogens with two attached hydrogens (primary N) is 1. The Labute approximate surface area is 288 Å². The molecule has 49 heavy (non-hydrogen) atoms. The molecule has 3 N–H and O–H groups in total. The lowest BCUT2D eigenvalue weighted by atomic mass is 9.63. The molecule has 2 aliphatic carbocycles. The maximum atomic E-state index is 10.2. The molecule has 1 fully saturated rings. The number of fused-ring (bicyclic) bond motifs is 6. The third-order valence-corrected chi connectivity index (χ3v) is 12.7. The summed E-state index contributed by atoms with van der Waals surface area (Å²) in [5, 5.41) is 28.8. The van der Waals surface area contributed by atoms with E-state index in [1.54, 1.807) is 11.3 Å². The number of hydrogen-bond donors (Lipinski definition) is 2. The average molecular weight is 680 g/mol. The molecule has 254 valence electrons. The Bertz CT molecular complexity index is 2100. The van der Waals surface area contributed by atoms with Gasteiger partial charge in [0.2, 0.25) is 5.88 Å². The van der Waals surface area contributed by atoms with Crippen molar-refractivity contribution >= 4 is 33.2 Å². The number of hydrogen-bond acceptors (Lipinski definition) is 12.